The fraction of sp³-hybridized carbons (Fsp3) is 0.924. The third-order valence-electron chi connectivity index (χ3n) is 16.1. The molecule has 1 saturated heterocycles. The van der Waals surface area contributed by atoms with E-state index in [1.54, 1.807) is 0 Å². The van der Waals surface area contributed by atoms with Crippen molar-refractivity contribution in [3.05, 3.63) is 24.3 Å². The predicted molar refractivity (Wildman–Crippen MR) is 318 cm³/mol. The van der Waals surface area contributed by atoms with Crippen LogP contribution in [-0.4, -0.2) is 87.5 Å². The van der Waals surface area contributed by atoms with Crippen molar-refractivity contribution in [3.63, 3.8) is 0 Å². The highest BCUT2D eigenvalue weighted by Crippen LogP contribution is 2.24. The van der Waals surface area contributed by atoms with E-state index in [9.17, 15) is 30.3 Å². The van der Waals surface area contributed by atoms with Gasteiger partial charge in [-0.25, -0.2) is 0 Å². The molecule has 75 heavy (non-hydrogen) atoms. The van der Waals surface area contributed by atoms with Crippen molar-refractivity contribution in [2.45, 2.75) is 378 Å². The molecule has 1 aliphatic heterocycles. The molecular weight excluding hydrogens is 935 g/mol. The SMILES string of the molecule is CCCCCCCCCCC/C=C\C/C=C\CCCCCCCCCCCCCC(=O)NC(COC1OC(CO)C(O)C(O)C1O)C(O)CCCCCCCCCCCCCCCCCCCCCCCCCCC. The minimum atomic E-state index is -1.55. The monoisotopic (exact) mass is 1060 g/mol. The third kappa shape index (κ3) is 45.1. The summed E-state index contributed by atoms with van der Waals surface area (Å²) >= 11 is 0. The van der Waals surface area contributed by atoms with Gasteiger partial charge in [0.25, 0.3) is 0 Å². The summed E-state index contributed by atoms with van der Waals surface area (Å²) < 4.78 is 11.4. The molecule has 7 unspecified atom stereocenters. The van der Waals surface area contributed by atoms with Crippen molar-refractivity contribution >= 4 is 5.91 Å². The Balaban J connectivity index is 2.15. The van der Waals surface area contributed by atoms with Gasteiger partial charge in [0.1, 0.15) is 24.4 Å². The minimum Gasteiger partial charge on any atom is -0.394 e. The summed E-state index contributed by atoms with van der Waals surface area (Å²) in [4.78, 5) is 13.1. The Morgan fingerprint density at radius 1 is 0.453 bits per heavy atom. The first-order valence-electron chi connectivity index (χ1n) is 33.0. The van der Waals surface area contributed by atoms with E-state index in [0.29, 0.717) is 12.8 Å². The molecular formula is C66H127NO8. The highest BCUT2D eigenvalue weighted by Gasteiger charge is 2.44. The maximum absolute atomic E-state index is 13.1. The van der Waals surface area contributed by atoms with E-state index in [2.05, 4.69) is 43.5 Å². The molecule has 0 spiro atoms. The molecule has 1 amide bonds. The molecule has 444 valence electrons. The van der Waals surface area contributed by atoms with Crippen molar-refractivity contribution in [3.8, 4) is 0 Å². The molecule has 1 rings (SSSR count). The summed E-state index contributed by atoms with van der Waals surface area (Å²) in [5.74, 6) is -0.141. The van der Waals surface area contributed by atoms with E-state index < -0.39 is 49.5 Å². The average molecular weight is 1060 g/mol. The van der Waals surface area contributed by atoms with Gasteiger partial charge in [-0.15, -0.1) is 0 Å². The van der Waals surface area contributed by atoms with Gasteiger partial charge in [0.05, 0.1) is 25.4 Å². The zero-order valence-corrected chi connectivity index (χ0v) is 49.6. The summed E-state index contributed by atoms with van der Waals surface area (Å²) in [6.07, 6.45) is 65.1. The Kier molecular flexibility index (Phi) is 53.5. The summed E-state index contributed by atoms with van der Waals surface area (Å²) in [5, 5.41) is 54.9. The Labute approximate surface area is 464 Å². The quantitative estimate of drug-likeness (QED) is 0.0261. The Morgan fingerprint density at radius 3 is 1.15 bits per heavy atom. The number of amides is 1. The maximum Gasteiger partial charge on any atom is 0.220 e. The number of unbranched alkanes of at least 4 members (excludes halogenated alkanes) is 44. The second-order valence-electron chi connectivity index (χ2n) is 23.3. The van der Waals surface area contributed by atoms with Crippen LogP contribution in [0, 0.1) is 0 Å². The number of aliphatic hydroxyl groups excluding tert-OH is 5. The fourth-order valence-electron chi connectivity index (χ4n) is 10.8. The third-order valence-corrected chi connectivity index (χ3v) is 16.1. The highest BCUT2D eigenvalue weighted by molar-refractivity contribution is 5.76. The van der Waals surface area contributed by atoms with Gasteiger partial charge in [0.2, 0.25) is 5.91 Å². The average Bonchev–Trinajstić information content (AvgIpc) is 3.41. The van der Waals surface area contributed by atoms with Crippen LogP contribution in [0.1, 0.15) is 335 Å². The largest absolute Gasteiger partial charge is 0.394 e. The maximum atomic E-state index is 13.1. The van der Waals surface area contributed by atoms with Crippen LogP contribution < -0.4 is 5.32 Å². The van der Waals surface area contributed by atoms with E-state index >= 15 is 0 Å². The molecule has 0 aromatic rings. The number of carbonyl (C=O) groups excluding carboxylic acids is 1. The summed E-state index contributed by atoms with van der Waals surface area (Å²) in [5.41, 5.74) is 0. The lowest BCUT2D eigenvalue weighted by molar-refractivity contribution is -0.302. The lowest BCUT2D eigenvalue weighted by atomic mass is 9.99. The number of carbonyl (C=O) groups is 1. The van der Waals surface area contributed by atoms with Gasteiger partial charge in [-0.3, -0.25) is 4.79 Å². The first-order valence-corrected chi connectivity index (χ1v) is 33.0. The summed E-state index contributed by atoms with van der Waals surface area (Å²) in [6.45, 7) is 3.89. The number of hydrogen-bond acceptors (Lipinski definition) is 8. The van der Waals surface area contributed by atoms with E-state index in [1.165, 1.54) is 263 Å². The molecule has 9 nitrogen and oxygen atoms in total. The van der Waals surface area contributed by atoms with E-state index in [0.717, 1.165) is 44.9 Å². The van der Waals surface area contributed by atoms with Crippen LogP contribution in [0.15, 0.2) is 24.3 Å². The van der Waals surface area contributed by atoms with Crippen LogP contribution in [0.25, 0.3) is 0 Å². The van der Waals surface area contributed by atoms with Gasteiger partial charge in [0.15, 0.2) is 6.29 Å². The van der Waals surface area contributed by atoms with E-state index in [-0.39, 0.29) is 12.5 Å². The van der Waals surface area contributed by atoms with Gasteiger partial charge in [0, 0.05) is 6.42 Å². The Bertz CT molecular complexity index is 1230. The summed E-state index contributed by atoms with van der Waals surface area (Å²) in [6, 6.07) is -0.720. The normalized spacial score (nSPS) is 18.9. The van der Waals surface area contributed by atoms with Crippen LogP contribution in [0.3, 0.4) is 0 Å². The van der Waals surface area contributed by atoms with E-state index in [1.807, 2.05) is 0 Å². The molecule has 0 radical (unpaired) electrons. The first kappa shape index (κ1) is 71.7. The molecule has 0 bridgehead atoms. The van der Waals surface area contributed by atoms with Crippen molar-refractivity contribution in [1.29, 1.82) is 0 Å². The number of nitrogens with one attached hydrogen (secondary N) is 1. The van der Waals surface area contributed by atoms with Gasteiger partial charge >= 0.3 is 0 Å². The van der Waals surface area contributed by atoms with E-state index in [4.69, 9.17) is 9.47 Å². The minimum absolute atomic E-state index is 0.135. The Hall–Kier alpha value is -1.33. The Morgan fingerprint density at radius 2 is 0.787 bits per heavy atom. The number of hydrogen-bond donors (Lipinski definition) is 6. The zero-order chi connectivity index (χ0) is 54.3. The van der Waals surface area contributed by atoms with Crippen LogP contribution >= 0.6 is 0 Å². The number of ether oxygens (including phenoxy) is 2. The molecule has 6 N–H and O–H groups in total. The van der Waals surface area contributed by atoms with Crippen LogP contribution in [0.4, 0.5) is 0 Å². The molecule has 1 aliphatic rings. The molecule has 1 fully saturated rings. The highest BCUT2D eigenvalue weighted by atomic mass is 16.7. The zero-order valence-electron chi connectivity index (χ0n) is 49.6. The van der Waals surface area contributed by atoms with Gasteiger partial charge in [-0.1, -0.05) is 308 Å². The van der Waals surface area contributed by atoms with Crippen molar-refractivity contribution < 1.29 is 39.8 Å². The van der Waals surface area contributed by atoms with Gasteiger partial charge in [-0.05, 0) is 44.9 Å². The molecule has 0 aromatic heterocycles. The fourth-order valence-corrected chi connectivity index (χ4v) is 10.8. The molecule has 1 heterocycles. The van der Waals surface area contributed by atoms with Crippen molar-refractivity contribution in [2.75, 3.05) is 13.2 Å². The smallest absolute Gasteiger partial charge is 0.220 e. The van der Waals surface area contributed by atoms with Crippen molar-refractivity contribution in [2.24, 2.45) is 0 Å². The molecule has 0 saturated carbocycles. The number of rotatable bonds is 58. The van der Waals surface area contributed by atoms with Gasteiger partial charge < -0.3 is 40.3 Å². The van der Waals surface area contributed by atoms with Crippen LogP contribution in [0.2, 0.25) is 0 Å². The lowest BCUT2D eigenvalue weighted by Gasteiger charge is -2.40. The lowest BCUT2D eigenvalue weighted by Crippen LogP contribution is -2.60. The van der Waals surface area contributed by atoms with Crippen molar-refractivity contribution in [1.82, 2.24) is 5.32 Å². The molecule has 0 aromatic carbocycles. The van der Waals surface area contributed by atoms with Crippen LogP contribution in [-0.2, 0) is 14.3 Å². The molecule has 0 aliphatic carbocycles. The number of aliphatic hydroxyl groups is 5. The molecule has 9 heteroatoms. The standard InChI is InChI=1S/C66H127NO8/c1-3-5-7-9-11-13-15-17-19-21-23-25-27-29-30-32-34-36-38-40-42-44-46-48-50-52-54-56-62(70)67-59(58-74-66-65(73)64(72)63(71)61(57-68)75-66)60(69)55-53-51-49-47-45-43-41-39-37-35-33-31-28-26-24-22-20-18-16-14-12-10-8-6-4-2/h23,25,29-30,59-61,63-66,68-69,71-73H,3-22,24,26-28,31-58H2,1-2H3,(H,67,70)/b25-23-,30-29-. The van der Waals surface area contributed by atoms with Gasteiger partial charge in [-0.2, -0.15) is 0 Å². The summed E-state index contributed by atoms with van der Waals surface area (Å²) in [7, 11) is 0. The molecule has 7 atom stereocenters. The second-order valence-corrected chi connectivity index (χ2v) is 23.3. The first-order chi connectivity index (χ1) is 36.8. The predicted octanol–water partition coefficient (Wildman–Crippen LogP) is 17.3. The number of allylic oxidation sites excluding steroid dienone is 4. The topological polar surface area (TPSA) is 149 Å². The second kappa shape index (κ2) is 56.0. The van der Waals surface area contributed by atoms with Crippen LogP contribution in [0.5, 0.6) is 0 Å².